The molecule has 2 atom stereocenters. The van der Waals surface area contributed by atoms with Gasteiger partial charge in [-0.3, -0.25) is 4.79 Å². The number of hydrogen-bond acceptors (Lipinski definition) is 7. The number of aromatic nitrogens is 6. The zero-order valence-corrected chi connectivity index (χ0v) is 16.1. The first-order chi connectivity index (χ1) is 13.6. The highest BCUT2D eigenvalue weighted by Crippen LogP contribution is 2.26. The lowest BCUT2D eigenvalue weighted by atomic mass is 9.97. The molecule has 9 nitrogen and oxygen atoms in total. The Labute approximate surface area is 161 Å². The van der Waals surface area contributed by atoms with E-state index in [0.717, 1.165) is 54.0 Å². The fraction of sp³-hybridized carbons (Fsp3) is 0.526. The minimum atomic E-state index is -0.175. The minimum Gasteiger partial charge on any atom is -0.377 e. The summed E-state index contributed by atoms with van der Waals surface area (Å²) in [6.45, 7) is 4.90. The first-order valence-electron chi connectivity index (χ1n) is 9.74. The van der Waals surface area contributed by atoms with Gasteiger partial charge in [-0.05, 0) is 45.1 Å². The maximum atomic E-state index is 12.7. The molecule has 1 saturated heterocycles. The fourth-order valence-electron chi connectivity index (χ4n) is 4.11. The van der Waals surface area contributed by atoms with Crippen molar-refractivity contribution in [3.63, 3.8) is 0 Å². The van der Waals surface area contributed by atoms with Crippen LogP contribution >= 0.6 is 0 Å². The lowest BCUT2D eigenvalue weighted by Crippen LogP contribution is -2.39. The average Bonchev–Trinajstić information content (AvgIpc) is 3.34. The topological polar surface area (TPSA) is 99.2 Å². The Morgan fingerprint density at radius 2 is 2.07 bits per heavy atom. The predicted molar refractivity (Wildman–Crippen MR) is 103 cm³/mol. The van der Waals surface area contributed by atoms with Gasteiger partial charge in [-0.25, -0.2) is 9.67 Å². The van der Waals surface area contributed by atoms with Crippen molar-refractivity contribution in [1.29, 1.82) is 0 Å². The standard InChI is InChI=1S/C19H23N7O2/c1-11-12(2)22-19-20-10-21-26(19)18(11)23-15-8-28-9-16(15)25-17(27)7-13-5-3-4-6-14(13)24-25/h7,10,15-16,23H,3-6,8-9H2,1-2H3. The van der Waals surface area contributed by atoms with Gasteiger partial charge in [-0.2, -0.15) is 19.7 Å². The second-order valence-corrected chi connectivity index (χ2v) is 7.60. The molecule has 4 heterocycles. The van der Waals surface area contributed by atoms with Crippen LogP contribution < -0.4 is 10.9 Å². The second kappa shape index (κ2) is 6.66. The van der Waals surface area contributed by atoms with Crippen molar-refractivity contribution in [1.82, 2.24) is 29.4 Å². The third kappa shape index (κ3) is 2.77. The third-order valence-corrected chi connectivity index (χ3v) is 5.83. The average molecular weight is 381 g/mol. The number of anilines is 1. The van der Waals surface area contributed by atoms with Gasteiger partial charge in [-0.1, -0.05) is 0 Å². The van der Waals surface area contributed by atoms with E-state index >= 15 is 0 Å². The van der Waals surface area contributed by atoms with Gasteiger partial charge in [0.05, 0.1) is 24.9 Å². The van der Waals surface area contributed by atoms with Gasteiger partial charge in [0.2, 0.25) is 0 Å². The summed E-state index contributed by atoms with van der Waals surface area (Å²) in [4.78, 5) is 21.4. The maximum absolute atomic E-state index is 12.7. The van der Waals surface area contributed by atoms with Gasteiger partial charge < -0.3 is 10.1 Å². The summed E-state index contributed by atoms with van der Waals surface area (Å²) in [5.74, 6) is 1.37. The molecule has 9 heteroatoms. The number of aryl methyl sites for hydroxylation is 3. The summed E-state index contributed by atoms with van der Waals surface area (Å²) in [5.41, 5.74) is 3.97. The number of rotatable bonds is 3. The van der Waals surface area contributed by atoms with E-state index in [1.54, 1.807) is 15.3 Å². The third-order valence-electron chi connectivity index (χ3n) is 5.83. The van der Waals surface area contributed by atoms with E-state index in [1.165, 1.54) is 6.33 Å². The predicted octanol–water partition coefficient (Wildman–Crippen LogP) is 1.23. The lowest BCUT2D eigenvalue weighted by Gasteiger charge is -2.24. The molecule has 0 aromatic carbocycles. The number of nitrogens with zero attached hydrogens (tertiary/aromatic N) is 6. The molecule has 0 radical (unpaired) electrons. The van der Waals surface area contributed by atoms with E-state index in [9.17, 15) is 4.79 Å². The first-order valence-corrected chi connectivity index (χ1v) is 9.74. The summed E-state index contributed by atoms with van der Waals surface area (Å²) in [7, 11) is 0. The molecule has 1 fully saturated rings. The molecule has 0 amide bonds. The highest BCUT2D eigenvalue weighted by molar-refractivity contribution is 5.52. The minimum absolute atomic E-state index is 0.0588. The number of fused-ring (bicyclic) bond motifs is 2. The van der Waals surface area contributed by atoms with E-state index in [4.69, 9.17) is 9.84 Å². The van der Waals surface area contributed by atoms with Crippen molar-refractivity contribution >= 4 is 11.6 Å². The van der Waals surface area contributed by atoms with Crippen molar-refractivity contribution in [3.8, 4) is 0 Å². The quantitative estimate of drug-likeness (QED) is 0.728. The SMILES string of the molecule is Cc1nc2ncnn2c(NC2COCC2n2nc3c(cc2=O)CCCC3)c1C. The summed E-state index contributed by atoms with van der Waals surface area (Å²) in [6, 6.07) is 1.49. The Bertz CT molecular complexity index is 1100. The molecule has 5 rings (SSSR count). The molecule has 0 bridgehead atoms. The van der Waals surface area contributed by atoms with Crippen LogP contribution in [0.15, 0.2) is 17.2 Å². The first kappa shape index (κ1) is 17.3. The Kier molecular flexibility index (Phi) is 4.12. The molecule has 1 aliphatic heterocycles. The van der Waals surface area contributed by atoms with Crippen molar-refractivity contribution in [3.05, 3.63) is 45.3 Å². The number of ether oxygens (including phenoxy) is 1. The van der Waals surface area contributed by atoms with Gasteiger partial charge in [-0.15, -0.1) is 0 Å². The van der Waals surface area contributed by atoms with Crippen LogP contribution in [0.4, 0.5) is 5.82 Å². The van der Waals surface area contributed by atoms with E-state index in [2.05, 4.69) is 20.4 Å². The van der Waals surface area contributed by atoms with E-state index in [1.807, 2.05) is 13.8 Å². The molecule has 0 spiro atoms. The molecule has 2 unspecified atom stereocenters. The summed E-state index contributed by atoms with van der Waals surface area (Å²) < 4.78 is 9.04. The van der Waals surface area contributed by atoms with Crippen molar-refractivity contribution in [2.24, 2.45) is 0 Å². The summed E-state index contributed by atoms with van der Waals surface area (Å²) >= 11 is 0. The molecule has 0 saturated carbocycles. The molecular formula is C19H23N7O2. The van der Waals surface area contributed by atoms with Gasteiger partial charge in [0, 0.05) is 17.3 Å². The highest BCUT2D eigenvalue weighted by atomic mass is 16.5. The Balaban J connectivity index is 1.52. The van der Waals surface area contributed by atoms with Crippen LogP contribution in [0.25, 0.3) is 5.78 Å². The van der Waals surface area contributed by atoms with Gasteiger partial charge in [0.15, 0.2) is 0 Å². The molecule has 3 aromatic rings. The normalized spacial score (nSPS) is 21.8. The molecule has 28 heavy (non-hydrogen) atoms. The van der Waals surface area contributed by atoms with Gasteiger partial charge >= 0.3 is 0 Å². The zero-order chi connectivity index (χ0) is 19.3. The lowest BCUT2D eigenvalue weighted by molar-refractivity contribution is 0.182. The molecule has 1 aliphatic carbocycles. The van der Waals surface area contributed by atoms with Crippen LogP contribution in [0.2, 0.25) is 0 Å². The second-order valence-electron chi connectivity index (χ2n) is 7.60. The molecule has 2 aliphatic rings. The van der Waals surface area contributed by atoms with Crippen LogP contribution in [0, 0.1) is 13.8 Å². The van der Waals surface area contributed by atoms with E-state index < -0.39 is 0 Å². The van der Waals surface area contributed by atoms with Crippen LogP contribution in [-0.2, 0) is 17.6 Å². The molecule has 1 N–H and O–H groups in total. The van der Waals surface area contributed by atoms with Gasteiger partial charge in [0.25, 0.3) is 11.3 Å². The van der Waals surface area contributed by atoms with E-state index in [-0.39, 0.29) is 17.6 Å². The number of hydrogen-bond donors (Lipinski definition) is 1. The molecular weight excluding hydrogens is 358 g/mol. The Hall–Kier alpha value is -2.81. The van der Waals surface area contributed by atoms with Crippen LogP contribution in [-0.4, -0.2) is 48.6 Å². The Morgan fingerprint density at radius 3 is 2.96 bits per heavy atom. The largest absolute Gasteiger partial charge is 0.377 e. The van der Waals surface area contributed by atoms with Crippen LogP contribution in [0.5, 0.6) is 0 Å². The van der Waals surface area contributed by atoms with Crippen LogP contribution in [0.1, 0.15) is 41.4 Å². The smallest absolute Gasteiger partial charge is 0.267 e. The van der Waals surface area contributed by atoms with E-state index in [0.29, 0.717) is 19.0 Å². The molecule has 3 aromatic heterocycles. The summed E-state index contributed by atoms with van der Waals surface area (Å²) in [5, 5.41) is 12.5. The van der Waals surface area contributed by atoms with Crippen molar-refractivity contribution in [2.45, 2.75) is 51.6 Å². The fourth-order valence-corrected chi connectivity index (χ4v) is 4.11. The van der Waals surface area contributed by atoms with Crippen molar-refractivity contribution in [2.75, 3.05) is 18.5 Å². The van der Waals surface area contributed by atoms with Crippen LogP contribution in [0.3, 0.4) is 0 Å². The molecule has 146 valence electrons. The van der Waals surface area contributed by atoms with Crippen molar-refractivity contribution < 1.29 is 4.74 Å². The number of nitrogens with one attached hydrogen (secondary N) is 1. The van der Waals surface area contributed by atoms with Gasteiger partial charge in [0.1, 0.15) is 18.2 Å². The zero-order valence-electron chi connectivity index (χ0n) is 16.1. The Morgan fingerprint density at radius 1 is 1.21 bits per heavy atom. The highest BCUT2D eigenvalue weighted by Gasteiger charge is 2.33. The summed E-state index contributed by atoms with van der Waals surface area (Å²) in [6.07, 6.45) is 5.62. The maximum Gasteiger partial charge on any atom is 0.267 e. The monoisotopic (exact) mass is 381 g/mol.